The van der Waals surface area contributed by atoms with Crippen molar-refractivity contribution in [2.75, 3.05) is 6.61 Å². The summed E-state index contributed by atoms with van der Waals surface area (Å²) >= 11 is 0. The lowest BCUT2D eigenvalue weighted by Crippen LogP contribution is -2.43. The van der Waals surface area contributed by atoms with E-state index in [1.165, 1.54) is 0 Å². The van der Waals surface area contributed by atoms with Crippen molar-refractivity contribution in [2.45, 2.75) is 52.1 Å². The molecule has 0 aromatic heterocycles. The predicted molar refractivity (Wildman–Crippen MR) is 61.4 cm³/mol. The maximum Gasteiger partial charge on any atom is 0.323 e. The van der Waals surface area contributed by atoms with Crippen molar-refractivity contribution in [3.63, 3.8) is 0 Å². The molecule has 1 N–H and O–H groups in total. The van der Waals surface area contributed by atoms with Crippen LogP contribution < -0.4 is 5.32 Å². The molecule has 0 aromatic carbocycles. The fourth-order valence-corrected chi connectivity index (χ4v) is 1.33. The molecule has 0 heterocycles. The number of ether oxygens (including phenoxy) is 1. The molecule has 15 heavy (non-hydrogen) atoms. The molecule has 0 radical (unpaired) electrons. The smallest absolute Gasteiger partial charge is 0.323 e. The number of carbonyl (C=O) groups excluding carboxylic acids is 1. The molecule has 0 aromatic rings. The van der Waals surface area contributed by atoms with Crippen molar-refractivity contribution < 1.29 is 9.53 Å². The zero-order valence-corrected chi connectivity index (χ0v) is 9.88. The Kier molecular flexibility index (Phi) is 7.75. The van der Waals surface area contributed by atoms with E-state index < -0.39 is 0 Å². The van der Waals surface area contributed by atoms with Crippen LogP contribution in [-0.2, 0) is 9.53 Å². The molecule has 0 spiro atoms. The van der Waals surface area contributed by atoms with Gasteiger partial charge in [-0.05, 0) is 19.8 Å². The predicted octanol–water partition coefficient (Wildman–Crippen LogP) is 1.72. The quantitative estimate of drug-likeness (QED) is 0.515. The minimum Gasteiger partial charge on any atom is -0.465 e. The summed E-state index contributed by atoms with van der Waals surface area (Å²) < 4.78 is 4.98. The average molecular weight is 211 g/mol. The van der Waals surface area contributed by atoms with Crippen LogP contribution in [0.3, 0.4) is 0 Å². The lowest BCUT2D eigenvalue weighted by Gasteiger charge is -2.19. The Morgan fingerprint density at radius 1 is 1.47 bits per heavy atom. The van der Waals surface area contributed by atoms with Gasteiger partial charge in [-0.3, -0.25) is 10.1 Å². The Bertz CT molecular complexity index is 220. The molecule has 86 valence electrons. The summed E-state index contributed by atoms with van der Waals surface area (Å²) in [4.78, 5) is 11.5. The van der Waals surface area contributed by atoms with Crippen LogP contribution in [-0.4, -0.2) is 24.7 Å². The van der Waals surface area contributed by atoms with Crippen LogP contribution in [0.2, 0.25) is 0 Å². The van der Waals surface area contributed by atoms with Crippen LogP contribution >= 0.6 is 0 Å². The van der Waals surface area contributed by atoms with Crippen molar-refractivity contribution in [1.82, 2.24) is 5.32 Å². The first-order chi connectivity index (χ1) is 7.19. The maximum absolute atomic E-state index is 11.5. The lowest BCUT2D eigenvalue weighted by atomic mass is 10.1. The largest absolute Gasteiger partial charge is 0.465 e. The monoisotopic (exact) mass is 211 g/mol. The van der Waals surface area contributed by atoms with Gasteiger partial charge in [0.05, 0.1) is 12.6 Å². The zero-order chi connectivity index (χ0) is 11.7. The minimum atomic E-state index is -0.268. The molecular weight excluding hydrogens is 190 g/mol. The normalized spacial score (nSPS) is 14.0. The van der Waals surface area contributed by atoms with E-state index in [9.17, 15) is 4.79 Å². The van der Waals surface area contributed by atoms with Gasteiger partial charge in [0, 0.05) is 0 Å². The Labute approximate surface area is 92.6 Å². The van der Waals surface area contributed by atoms with E-state index in [1.54, 1.807) is 6.92 Å². The second kappa shape index (κ2) is 8.31. The van der Waals surface area contributed by atoms with Gasteiger partial charge in [0.1, 0.15) is 6.04 Å². The third-order valence-electron chi connectivity index (χ3n) is 2.16. The summed E-state index contributed by atoms with van der Waals surface area (Å²) in [5, 5.41) is 3.13. The SMILES string of the molecule is C#CC(CC)NC(CCC)C(=O)OCC. The summed E-state index contributed by atoms with van der Waals surface area (Å²) in [6.07, 6.45) is 7.84. The Morgan fingerprint density at radius 2 is 2.13 bits per heavy atom. The van der Waals surface area contributed by atoms with E-state index in [0.29, 0.717) is 6.61 Å². The molecule has 2 unspecified atom stereocenters. The Hall–Kier alpha value is -1.01. The number of esters is 1. The number of terminal acetylenes is 1. The average Bonchev–Trinajstić information content (AvgIpc) is 2.24. The molecule has 0 rings (SSSR count). The highest BCUT2D eigenvalue weighted by atomic mass is 16.5. The first kappa shape index (κ1) is 14.0. The summed E-state index contributed by atoms with van der Waals surface area (Å²) in [6.45, 7) is 6.24. The van der Waals surface area contributed by atoms with Gasteiger partial charge in [0.15, 0.2) is 0 Å². The van der Waals surface area contributed by atoms with E-state index in [2.05, 4.69) is 11.2 Å². The fourth-order valence-electron chi connectivity index (χ4n) is 1.33. The molecule has 2 atom stereocenters. The molecule has 0 aliphatic heterocycles. The Morgan fingerprint density at radius 3 is 2.53 bits per heavy atom. The van der Waals surface area contributed by atoms with Crippen LogP contribution in [0.4, 0.5) is 0 Å². The van der Waals surface area contributed by atoms with Crippen molar-refractivity contribution in [3.8, 4) is 12.3 Å². The van der Waals surface area contributed by atoms with E-state index in [1.807, 2.05) is 13.8 Å². The van der Waals surface area contributed by atoms with Gasteiger partial charge < -0.3 is 4.74 Å². The summed E-state index contributed by atoms with van der Waals surface area (Å²) in [6, 6.07) is -0.318. The number of nitrogens with one attached hydrogen (secondary N) is 1. The topological polar surface area (TPSA) is 38.3 Å². The molecule has 0 saturated heterocycles. The summed E-state index contributed by atoms with van der Waals surface area (Å²) in [5.74, 6) is 2.42. The molecule has 0 aliphatic carbocycles. The van der Waals surface area contributed by atoms with Crippen LogP contribution in [0.1, 0.15) is 40.0 Å². The molecule has 0 amide bonds. The van der Waals surface area contributed by atoms with E-state index in [4.69, 9.17) is 11.2 Å². The molecule has 0 saturated carbocycles. The lowest BCUT2D eigenvalue weighted by molar-refractivity contribution is -0.146. The van der Waals surface area contributed by atoms with Crippen molar-refractivity contribution in [3.05, 3.63) is 0 Å². The van der Waals surface area contributed by atoms with E-state index in [0.717, 1.165) is 19.3 Å². The van der Waals surface area contributed by atoms with Gasteiger partial charge in [-0.1, -0.05) is 26.2 Å². The van der Waals surface area contributed by atoms with Crippen LogP contribution in [0.25, 0.3) is 0 Å². The second-order valence-corrected chi connectivity index (χ2v) is 3.39. The molecular formula is C12H21NO2. The first-order valence-corrected chi connectivity index (χ1v) is 5.58. The third-order valence-corrected chi connectivity index (χ3v) is 2.16. The third kappa shape index (κ3) is 5.44. The fraction of sp³-hybridized carbons (Fsp3) is 0.750. The van der Waals surface area contributed by atoms with Gasteiger partial charge in [-0.2, -0.15) is 0 Å². The minimum absolute atomic E-state index is 0.0500. The number of rotatable bonds is 7. The van der Waals surface area contributed by atoms with Gasteiger partial charge in [0.25, 0.3) is 0 Å². The molecule has 3 heteroatoms. The van der Waals surface area contributed by atoms with E-state index in [-0.39, 0.29) is 18.1 Å². The highest BCUT2D eigenvalue weighted by molar-refractivity contribution is 5.75. The van der Waals surface area contributed by atoms with Crippen LogP contribution in [0.15, 0.2) is 0 Å². The number of hydrogen-bond acceptors (Lipinski definition) is 3. The van der Waals surface area contributed by atoms with Gasteiger partial charge in [0.2, 0.25) is 0 Å². The molecule has 3 nitrogen and oxygen atoms in total. The molecule has 0 fully saturated rings. The second-order valence-electron chi connectivity index (χ2n) is 3.39. The van der Waals surface area contributed by atoms with Crippen molar-refractivity contribution >= 4 is 5.97 Å². The Balaban J connectivity index is 4.26. The highest BCUT2D eigenvalue weighted by Gasteiger charge is 2.20. The maximum atomic E-state index is 11.5. The summed E-state index contributed by atoms with van der Waals surface area (Å²) in [5.41, 5.74) is 0. The molecule has 0 bridgehead atoms. The first-order valence-electron chi connectivity index (χ1n) is 5.58. The van der Waals surface area contributed by atoms with E-state index >= 15 is 0 Å². The van der Waals surface area contributed by atoms with Gasteiger partial charge in [-0.15, -0.1) is 6.42 Å². The highest BCUT2D eigenvalue weighted by Crippen LogP contribution is 2.02. The van der Waals surface area contributed by atoms with Gasteiger partial charge in [-0.25, -0.2) is 0 Å². The summed E-state index contributed by atoms with van der Waals surface area (Å²) in [7, 11) is 0. The zero-order valence-electron chi connectivity index (χ0n) is 9.88. The number of carbonyl (C=O) groups is 1. The molecule has 0 aliphatic rings. The van der Waals surface area contributed by atoms with Crippen LogP contribution in [0, 0.1) is 12.3 Å². The van der Waals surface area contributed by atoms with Crippen molar-refractivity contribution in [1.29, 1.82) is 0 Å². The van der Waals surface area contributed by atoms with Crippen LogP contribution in [0.5, 0.6) is 0 Å². The standard InChI is InChI=1S/C12H21NO2/c1-5-9-11(12(14)15-8-4)13-10(6-2)7-3/h2,10-11,13H,5,7-9H2,1,3-4H3. The van der Waals surface area contributed by atoms with Gasteiger partial charge >= 0.3 is 5.97 Å². The number of hydrogen-bond donors (Lipinski definition) is 1. The van der Waals surface area contributed by atoms with Crippen molar-refractivity contribution in [2.24, 2.45) is 0 Å².